The quantitative estimate of drug-likeness (QED) is 0.166. The molecule has 4 amide bonds. The molecule has 0 bridgehead atoms. The number of aromatic nitrogens is 2. The summed E-state index contributed by atoms with van der Waals surface area (Å²) < 4.78 is 0.845. The highest BCUT2D eigenvalue weighted by molar-refractivity contribution is 7.20. The van der Waals surface area contributed by atoms with Crippen molar-refractivity contribution in [3.05, 3.63) is 64.8 Å². The van der Waals surface area contributed by atoms with Crippen LogP contribution >= 0.6 is 11.3 Å². The summed E-state index contributed by atoms with van der Waals surface area (Å²) in [5, 5.41) is 11.9. The van der Waals surface area contributed by atoms with Gasteiger partial charge >= 0.3 is 0 Å². The lowest BCUT2D eigenvalue weighted by molar-refractivity contribution is -0.125. The van der Waals surface area contributed by atoms with Crippen LogP contribution in [0.4, 0.5) is 0 Å². The van der Waals surface area contributed by atoms with Gasteiger partial charge in [-0.2, -0.15) is 0 Å². The number of benzene rings is 2. The van der Waals surface area contributed by atoms with Gasteiger partial charge in [-0.1, -0.05) is 32.0 Å². The number of para-hydroxylation sites is 1. The Morgan fingerprint density at radius 1 is 1.02 bits per heavy atom. The zero-order valence-corrected chi connectivity index (χ0v) is 25.0. The van der Waals surface area contributed by atoms with E-state index in [4.69, 9.17) is 0 Å². The Labute approximate surface area is 252 Å². The van der Waals surface area contributed by atoms with Gasteiger partial charge in [0.1, 0.15) is 11.7 Å². The molecule has 0 saturated carbocycles. The summed E-state index contributed by atoms with van der Waals surface area (Å²) in [6.45, 7) is 4.37. The molecular formula is C31H34N6O5S. The molecule has 2 aromatic carbocycles. The number of Topliss-reactive ketones (excluding diaryl/α,β-unsaturated/α-hetero) is 1. The molecular weight excluding hydrogens is 568 g/mol. The van der Waals surface area contributed by atoms with E-state index in [9.17, 15) is 24.0 Å². The summed E-state index contributed by atoms with van der Waals surface area (Å²) in [7, 11) is 1.53. The molecule has 0 radical (unpaired) electrons. The smallest absolute Gasteiger partial charge is 0.268 e. The summed E-state index contributed by atoms with van der Waals surface area (Å²) in [5.74, 6) is -2.25. The predicted octanol–water partition coefficient (Wildman–Crippen LogP) is 3.18. The van der Waals surface area contributed by atoms with E-state index in [2.05, 4.69) is 31.2 Å². The van der Waals surface area contributed by atoms with E-state index in [1.807, 2.05) is 38.1 Å². The van der Waals surface area contributed by atoms with Crippen molar-refractivity contribution in [3.8, 4) is 0 Å². The number of ketones is 1. The molecule has 1 aliphatic heterocycles. The average molecular weight is 603 g/mol. The van der Waals surface area contributed by atoms with E-state index in [1.54, 1.807) is 24.3 Å². The van der Waals surface area contributed by atoms with Gasteiger partial charge in [-0.05, 0) is 55.5 Å². The first-order valence-corrected chi connectivity index (χ1v) is 15.1. The van der Waals surface area contributed by atoms with Crippen LogP contribution in [0.2, 0.25) is 0 Å². The molecule has 5 N–H and O–H groups in total. The third-order valence-electron chi connectivity index (χ3n) is 7.53. The molecule has 0 aliphatic carbocycles. The number of H-pyrrole nitrogens is 1. The van der Waals surface area contributed by atoms with Crippen LogP contribution in [0.15, 0.2) is 48.5 Å². The molecule has 1 aliphatic rings. The summed E-state index contributed by atoms with van der Waals surface area (Å²) in [5.41, 5.74) is 1.89. The van der Waals surface area contributed by atoms with E-state index in [1.165, 1.54) is 18.4 Å². The second-order valence-corrected chi connectivity index (χ2v) is 12.1. The zero-order valence-electron chi connectivity index (χ0n) is 24.2. The number of fused-ring (bicyclic) bond motifs is 2. The Hall–Kier alpha value is -4.58. The van der Waals surface area contributed by atoms with E-state index >= 15 is 0 Å². The molecule has 1 unspecified atom stereocenters. The molecule has 1 fully saturated rings. The molecule has 12 heteroatoms. The fourth-order valence-corrected chi connectivity index (χ4v) is 6.29. The number of rotatable bonds is 11. The maximum Gasteiger partial charge on any atom is 0.268 e. The third-order valence-corrected chi connectivity index (χ3v) is 8.58. The Bertz CT molecular complexity index is 1680. The highest BCUT2D eigenvalue weighted by atomic mass is 32.1. The average Bonchev–Trinajstić information content (AvgIpc) is 3.73. The van der Waals surface area contributed by atoms with Crippen LogP contribution in [0.5, 0.6) is 0 Å². The minimum Gasteiger partial charge on any atom is -0.356 e. The standard InChI is InChI=1S/C31H34N6O5S/c1-16(2)13-23(36-30(42)24-15-19-18(28(40)32-3)7-6-9-20(19)34-24)29(41)35-22(14-17-11-12-33-27(17)39)26(38)31-37-21-8-4-5-10-25(21)43-31/h4-10,15-17,22-23,34H,11-14H2,1-3H3,(H,32,40)(H,33,39)(H,35,41)(H,36,42)/t17?,22-,23-/m0/s1. The summed E-state index contributed by atoms with van der Waals surface area (Å²) in [6.07, 6.45) is 0.995. The van der Waals surface area contributed by atoms with Crippen molar-refractivity contribution in [2.24, 2.45) is 11.8 Å². The minimum atomic E-state index is -1.00. The lowest BCUT2D eigenvalue weighted by Crippen LogP contribution is -2.52. The van der Waals surface area contributed by atoms with Gasteiger partial charge in [-0.25, -0.2) is 4.98 Å². The molecule has 5 rings (SSSR count). The molecule has 11 nitrogen and oxygen atoms in total. The number of nitrogens with zero attached hydrogens (tertiary/aromatic N) is 1. The number of carbonyl (C=O) groups excluding carboxylic acids is 5. The Balaban J connectivity index is 1.38. The second kappa shape index (κ2) is 12.7. The van der Waals surface area contributed by atoms with Crippen molar-refractivity contribution >= 4 is 61.9 Å². The molecule has 4 aromatic rings. The number of hydrogen-bond donors (Lipinski definition) is 5. The Morgan fingerprint density at radius 3 is 2.51 bits per heavy atom. The van der Waals surface area contributed by atoms with Crippen LogP contribution in [-0.4, -0.2) is 65.1 Å². The van der Waals surface area contributed by atoms with Crippen molar-refractivity contribution in [3.63, 3.8) is 0 Å². The number of carbonyl (C=O) groups is 5. The molecule has 0 spiro atoms. The number of hydrogen-bond acceptors (Lipinski definition) is 7. The van der Waals surface area contributed by atoms with Gasteiger partial charge in [-0.3, -0.25) is 24.0 Å². The Morgan fingerprint density at radius 2 is 1.81 bits per heavy atom. The zero-order chi connectivity index (χ0) is 30.7. The number of aromatic amines is 1. The van der Waals surface area contributed by atoms with Gasteiger partial charge in [0, 0.05) is 36.0 Å². The first kappa shape index (κ1) is 29.9. The maximum atomic E-state index is 13.7. The topological polar surface area (TPSA) is 162 Å². The van der Waals surface area contributed by atoms with Crippen LogP contribution in [0.3, 0.4) is 0 Å². The Kier molecular flexibility index (Phi) is 8.86. The van der Waals surface area contributed by atoms with E-state index in [0.717, 1.165) is 4.70 Å². The normalized spacial score (nSPS) is 16.2. The monoisotopic (exact) mass is 602 g/mol. The predicted molar refractivity (Wildman–Crippen MR) is 164 cm³/mol. The molecule has 43 heavy (non-hydrogen) atoms. The lowest BCUT2D eigenvalue weighted by atomic mass is 9.95. The van der Waals surface area contributed by atoms with Gasteiger partial charge in [0.15, 0.2) is 5.01 Å². The van der Waals surface area contributed by atoms with Gasteiger partial charge in [0.05, 0.1) is 16.3 Å². The van der Waals surface area contributed by atoms with Crippen LogP contribution in [0.1, 0.15) is 63.8 Å². The first-order chi connectivity index (χ1) is 20.6. The highest BCUT2D eigenvalue weighted by Gasteiger charge is 2.35. The molecule has 224 valence electrons. The third kappa shape index (κ3) is 6.59. The van der Waals surface area contributed by atoms with Crippen molar-refractivity contribution in [1.29, 1.82) is 0 Å². The van der Waals surface area contributed by atoms with Crippen LogP contribution in [0.25, 0.3) is 21.1 Å². The molecule has 1 saturated heterocycles. The summed E-state index contributed by atoms with van der Waals surface area (Å²) in [6, 6.07) is 12.1. The van der Waals surface area contributed by atoms with Gasteiger partial charge in [0.25, 0.3) is 11.8 Å². The SMILES string of the molecule is CNC(=O)c1cccc2[nH]c(C(=O)N[C@@H](CC(C)C)C(=O)N[C@@H](CC3CCNC3=O)C(=O)c3nc4ccccc4s3)cc12. The fraction of sp³-hybridized carbons (Fsp3) is 0.355. The number of thiazole rings is 1. The largest absolute Gasteiger partial charge is 0.356 e. The van der Waals surface area contributed by atoms with Gasteiger partial charge in [0.2, 0.25) is 17.6 Å². The van der Waals surface area contributed by atoms with E-state index in [0.29, 0.717) is 41.4 Å². The van der Waals surface area contributed by atoms with Crippen molar-refractivity contribution < 1.29 is 24.0 Å². The van der Waals surface area contributed by atoms with E-state index in [-0.39, 0.29) is 40.6 Å². The molecule has 2 aromatic heterocycles. The summed E-state index contributed by atoms with van der Waals surface area (Å²) >= 11 is 1.24. The lowest BCUT2D eigenvalue weighted by Gasteiger charge is -2.24. The van der Waals surface area contributed by atoms with Gasteiger partial charge in [-0.15, -0.1) is 11.3 Å². The van der Waals surface area contributed by atoms with Crippen molar-refractivity contribution in [2.75, 3.05) is 13.6 Å². The maximum absolute atomic E-state index is 13.7. The van der Waals surface area contributed by atoms with Crippen molar-refractivity contribution in [2.45, 2.75) is 45.2 Å². The first-order valence-electron chi connectivity index (χ1n) is 14.3. The van der Waals surface area contributed by atoms with Crippen LogP contribution < -0.4 is 21.3 Å². The second-order valence-electron chi connectivity index (χ2n) is 11.1. The van der Waals surface area contributed by atoms with E-state index < -0.39 is 29.8 Å². The highest BCUT2D eigenvalue weighted by Crippen LogP contribution is 2.26. The number of amides is 4. The molecule has 3 heterocycles. The van der Waals surface area contributed by atoms with Gasteiger partial charge < -0.3 is 26.3 Å². The summed E-state index contributed by atoms with van der Waals surface area (Å²) in [4.78, 5) is 73.0. The number of nitrogens with one attached hydrogen (secondary N) is 5. The fourth-order valence-electron chi connectivity index (χ4n) is 5.33. The molecule has 3 atom stereocenters. The minimum absolute atomic E-state index is 0.0395. The van der Waals surface area contributed by atoms with Crippen LogP contribution in [-0.2, 0) is 9.59 Å². The van der Waals surface area contributed by atoms with Crippen LogP contribution in [0, 0.1) is 11.8 Å². The van der Waals surface area contributed by atoms with Crippen molar-refractivity contribution in [1.82, 2.24) is 31.2 Å².